The van der Waals surface area contributed by atoms with Crippen molar-refractivity contribution >= 4 is 23.4 Å². The minimum atomic E-state index is -0.343. The van der Waals surface area contributed by atoms with Crippen LogP contribution in [0.15, 0.2) is 46.7 Å². The van der Waals surface area contributed by atoms with Crippen molar-refractivity contribution < 1.29 is 9.13 Å². The topological polar surface area (TPSA) is 72.7 Å². The Morgan fingerprint density at radius 3 is 2.74 bits per heavy atom. The van der Waals surface area contributed by atoms with Gasteiger partial charge in [0.1, 0.15) is 5.82 Å². The van der Waals surface area contributed by atoms with Crippen molar-refractivity contribution in [1.29, 1.82) is 5.41 Å². The number of anilines is 2. The average Bonchev–Trinajstić information content (AvgIpc) is 2.67. The van der Waals surface area contributed by atoms with Gasteiger partial charge < -0.3 is 20.3 Å². The minimum absolute atomic E-state index is 0.164. The van der Waals surface area contributed by atoms with Gasteiger partial charge in [-0.05, 0) is 37.1 Å². The van der Waals surface area contributed by atoms with Crippen LogP contribution in [0.3, 0.4) is 0 Å². The molecule has 0 saturated carbocycles. The number of piperidine rings is 1. The van der Waals surface area contributed by atoms with E-state index in [1.54, 1.807) is 31.6 Å². The van der Waals surface area contributed by atoms with Crippen molar-refractivity contribution in [1.82, 2.24) is 4.90 Å². The molecule has 0 radical (unpaired) electrons. The number of hydrogen-bond donors (Lipinski definition) is 3. The summed E-state index contributed by atoms with van der Waals surface area (Å²) in [5, 5.41) is 14.0. The number of nitrogens with one attached hydrogen (secondary N) is 3. The van der Waals surface area contributed by atoms with Crippen molar-refractivity contribution in [3.8, 4) is 0 Å². The number of halogens is 1. The summed E-state index contributed by atoms with van der Waals surface area (Å²) in [5.74, 6) is -0.178. The highest BCUT2D eigenvalue weighted by atomic mass is 19.1. The SMILES string of the molecule is CNc1ccc(F)c(N/C=C2/C=C(N3CCC4(CC3)COC4)C=NC2=N)c1. The van der Waals surface area contributed by atoms with Crippen LogP contribution in [0.1, 0.15) is 12.8 Å². The maximum Gasteiger partial charge on any atom is 0.153 e. The molecule has 1 aromatic carbocycles. The average molecular weight is 369 g/mol. The second-order valence-electron chi connectivity index (χ2n) is 7.34. The first-order valence-corrected chi connectivity index (χ1v) is 9.20. The molecular weight excluding hydrogens is 345 g/mol. The van der Waals surface area contributed by atoms with Gasteiger partial charge in [-0.15, -0.1) is 0 Å². The van der Waals surface area contributed by atoms with Crippen LogP contribution in [0, 0.1) is 16.6 Å². The summed E-state index contributed by atoms with van der Waals surface area (Å²) < 4.78 is 19.4. The number of benzene rings is 1. The fraction of sp³-hybridized carbons (Fsp3) is 0.400. The van der Waals surface area contributed by atoms with E-state index in [0.717, 1.165) is 50.5 Å². The number of allylic oxidation sites excluding steroid dienone is 1. The van der Waals surface area contributed by atoms with E-state index in [2.05, 4.69) is 20.5 Å². The number of nitrogens with zero attached hydrogens (tertiary/aromatic N) is 2. The molecule has 142 valence electrons. The first-order chi connectivity index (χ1) is 13.1. The molecule has 0 aliphatic carbocycles. The zero-order valence-corrected chi connectivity index (χ0v) is 15.4. The monoisotopic (exact) mass is 369 g/mol. The van der Waals surface area contributed by atoms with Gasteiger partial charge in [-0.25, -0.2) is 9.38 Å². The molecule has 4 rings (SSSR count). The van der Waals surface area contributed by atoms with Gasteiger partial charge in [-0.1, -0.05) is 0 Å². The summed E-state index contributed by atoms with van der Waals surface area (Å²) in [7, 11) is 1.79. The van der Waals surface area contributed by atoms with Crippen LogP contribution in [0.5, 0.6) is 0 Å². The lowest BCUT2D eigenvalue weighted by Crippen LogP contribution is -2.50. The summed E-state index contributed by atoms with van der Waals surface area (Å²) in [6.07, 6.45) is 7.57. The van der Waals surface area contributed by atoms with Gasteiger partial charge in [0.15, 0.2) is 5.84 Å². The highest BCUT2D eigenvalue weighted by Gasteiger charge is 2.41. The van der Waals surface area contributed by atoms with E-state index < -0.39 is 0 Å². The number of likely N-dealkylation sites (tertiary alicyclic amines) is 1. The Bertz CT molecular complexity index is 831. The van der Waals surface area contributed by atoms with Crippen molar-refractivity contribution in [3.63, 3.8) is 0 Å². The van der Waals surface area contributed by atoms with Gasteiger partial charge in [-0.3, -0.25) is 5.41 Å². The lowest BCUT2D eigenvalue weighted by molar-refractivity contribution is -0.136. The summed E-state index contributed by atoms with van der Waals surface area (Å²) in [6, 6.07) is 4.78. The van der Waals surface area contributed by atoms with Gasteiger partial charge in [-0.2, -0.15) is 0 Å². The van der Waals surface area contributed by atoms with E-state index in [0.29, 0.717) is 16.7 Å². The van der Waals surface area contributed by atoms with Gasteiger partial charge in [0.05, 0.1) is 30.8 Å². The molecule has 1 aromatic rings. The zero-order chi connectivity index (χ0) is 18.9. The van der Waals surface area contributed by atoms with E-state index in [9.17, 15) is 4.39 Å². The van der Waals surface area contributed by atoms with Crippen LogP contribution >= 0.6 is 0 Å². The summed E-state index contributed by atoms with van der Waals surface area (Å²) >= 11 is 0. The molecule has 6 nitrogen and oxygen atoms in total. The first-order valence-electron chi connectivity index (χ1n) is 9.20. The van der Waals surface area contributed by atoms with Gasteiger partial charge >= 0.3 is 0 Å². The molecule has 0 unspecified atom stereocenters. The maximum atomic E-state index is 14.0. The molecule has 3 N–H and O–H groups in total. The molecule has 7 heteroatoms. The van der Waals surface area contributed by atoms with Crippen molar-refractivity contribution in [2.24, 2.45) is 10.4 Å². The lowest BCUT2D eigenvalue weighted by Gasteiger charge is -2.48. The van der Waals surface area contributed by atoms with Crippen LogP contribution in [0.4, 0.5) is 15.8 Å². The van der Waals surface area contributed by atoms with E-state index in [-0.39, 0.29) is 11.7 Å². The fourth-order valence-electron chi connectivity index (χ4n) is 3.62. The minimum Gasteiger partial charge on any atom is -0.388 e. The Labute approximate surface area is 158 Å². The number of rotatable bonds is 4. The van der Waals surface area contributed by atoms with Crippen LogP contribution in [0.25, 0.3) is 0 Å². The third kappa shape index (κ3) is 3.60. The van der Waals surface area contributed by atoms with Crippen LogP contribution in [-0.2, 0) is 4.74 Å². The summed E-state index contributed by atoms with van der Waals surface area (Å²) in [6.45, 7) is 3.69. The molecule has 3 aliphatic heterocycles. The second kappa shape index (κ2) is 7.15. The number of dihydropyridines is 1. The Kier molecular flexibility index (Phi) is 4.70. The number of hydrogen-bond acceptors (Lipinski definition) is 5. The van der Waals surface area contributed by atoms with Gasteiger partial charge in [0.25, 0.3) is 0 Å². The normalized spacial score (nSPS) is 22.6. The van der Waals surface area contributed by atoms with E-state index in [1.165, 1.54) is 6.07 Å². The number of aliphatic imine (C=N–C) groups is 1. The van der Waals surface area contributed by atoms with Crippen molar-refractivity contribution in [3.05, 3.63) is 47.6 Å². The third-order valence-corrected chi connectivity index (χ3v) is 5.55. The molecule has 3 heterocycles. The Morgan fingerprint density at radius 2 is 2.07 bits per heavy atom. The molecule has 2 fully saturated rings. The van der Waals surface area contributed by atoms with Gasteiger partial charge in [0, 0.05) is 43.0 Å². The first kappa shape index (κ1) is 17.7. The van der Waals surface area contributed by atoms with Crippen molar-refractivity contribution in [2.45, 2.75) is 12.8 Å². The highest BCUT2D eigenvalue weighted by Crippen LogP contribution is 2.39. The third-order valence-electron chi connectivity index (χ3n) is 5.55. The predicted molar refractivity (Wildman–Crippen MR) is 106 cm³/mol. The van der Waals surface area contributed by atoms with Crippen LogP contribution in [0.2, 0.25) is 0 Å². The van der Waals surface area contributed by atoms with Crippen molar-refractivity contribution in [2.75, 3.05) is 44.0 Å². The molecule has 0 amide bonds. The Balaban J connectivity index is 1.48. The number of ether oxygens (including phenoxy) is 1. The Hall–Kier alpha value is -2.67. The fourth-order valence-corrected chi connectivity index (χ4v) is 3.62. The molecule has 0 atom stereocenters. The quantitative estimate of drug-likeness (QED) is 0.762. The van der Waals surface area contributed by atoms with Crippen LogP contribution in [-0.4, -0.2) is 50.3 Å². The standard InChI is InChI=1S/C20H24FN5O/c1-23-15-2-3-17(21)18(9-15)24-10-14-8-16(11-25-19(14)22)26-6-4-20(5-7-26)12-27-13-20/h2-3,8-11,22-24H,4-7,12-13H2,1H3/b14-10-,22-19?. The molecule has 0 aromatic heterocycles. The molecule has 2 saturated heterocycles. The molecule has 27 heavy (non-hydrogen) atoms. The lowest BCUT2D eigenvalue weighted by atomic mass is 9.76. The largest absolute Gasteiger partial charge is 0.388 e. The van der Waals surface area contributed by atoms with E-state index in [4.69, 9.17) is 10.1 Å². The Morgan fingerprint density at radius 1 is 1.30 bits per heavy atom. The summed E-state index contributed by atoms with van der Waals surface area (Å²) in [4.78, 5) is 6.52. The van der Waals surface area contributed by atoms with Crippen LogP contribution < -0.4 is 10.6 Å². The zero-order valence-electron chi connectivity index (χ0n) is 15.4. The smallest absolute Gasteiger partial charge is 0.153 e. The highest BCUT2D eigenvalue weighted by molar-refractivity contribution is 6.08. The summed E-state index contributed by atoms with van der Waals surface area (Å²) in [5.41, 5.74) is 3.18. The molecule has 1 spiro atoms. The second-order valence-corrected chi connectivity index (χ2v) is 7.34. The molecular formula is C20H24FN5O. The number of amidine groups is 1. The maximum absolute atomic E-state index is 14.0. The molecule has 3 aliphatic rings. The van der Waals surface area contributed by atoms with E-state index >= 15 is 0 Å². The molecule has 0 bridgehead atoms. The predicted octanol–water partition coefficient (Wildman–Crippen LogP) is 3.22. The van der Waals surface area contributed by atoms with Gasteiger partial charge in [0.2, 0.25) is 0 Å². The van der Waals surface area contributed by atoms with E-state index in [1.807, 2.05) is 6.08 Å².